The number of nitrogens with one attached hydrogen (secondary N) is 1. The molecule has 18 heavy (non-hydrogen) atoms. The Bertz CT molecular complexity index is 577. The first-order valence-corrected chi connectivity index (χ1v) is 6.03. The van der Waals surface area contributed by atoms with Crippen molar-refractivity contribution in [2.45, 2.75) is 6.92 Å². The molecule has 0 aliphatic heterocycles. The summed E-state index contributed by atoms with van der Waals surface area (Å²) in [7, 11) is 1.77. The van der Waals surface area contributed by atoms with Crippen LogP contribution in [0.2, 0.25) is 0 Å². The second-order valence-corrected chi connectivity index (χ2v) is 4.43. The zero-order valence-corrected chi connectivity index (χ0v) is 11.5. The number of benzene rings is 1. The van der Waals surface area contributed by atoms with Gasteiger partial charge in [-0.25, -0.2) is 14.4 Å². The summed E-state index contributed by atoms with van der Waals surface area (Å²) in [6, 6.07) is 4.21. The van der Waals surface area contributed by atoms with Crippen molar-refractivity contribution in [1.82, 2.24) is 9.97 Å². The maximum Gasteiger partial charge on any atom is 0.227 e. The first-order valence-electron chi connectivity index (χ1n) is 5.24. The van der Waals surface area contributed by atoms with E-state index in [1.165, 1.54) is 18.5 Å². The number of ether oxygens (including phenoxy) is 1. The molecular weight excluding hydrogens is 301 g/mol. The van der Waals surface area contributed by atoms with E-state index in [1.54, 1.807) is 13.1 Å². The minimum absolute atomic E-state index is 0.329. The molecule has 94 valence electrons. The molecule has 1 N–H and O–H groups in total. The second-order valence-electron chi connectivity index (χ2n) is 3.58. The molecule has 6 heteroatoms. The fourth-order valence-corrected chi connectivity index (χ4v) is 1.88. The van der Waals surface area contributed by atoms with E-state index in [-0.39, 0.29) is 5.82 Å². The third-order valence-electron chi connectivity index (χ3n) is 2.38. The molecule has 0 saturated carbocycles. The molecule has 1 aromatic carbocycles. The standard InChI is InChI=1S/C12H11BrFN3O/c1-7-11(15-2)16-6-17-12(7)18-10-4-3-8(14)5-9(10)13/h3-6H,1-2H3,(H,15,16,17). The Morgan fingerprint density at radius 2 is 2.11 bits per heavy atom. The van der Waals surface area contributed by atoms with Gasteiger partial charge in [-0.2, -0.15) is 0 Å². The molecule has 2 aromatic rings. The largest absolute Gasteiger partial charge is 0.437 e. The lowest BCUT2D eigenvalue weighted by Crippen LogP contribution is -2.00. The van der Waals surface area contributed by atoms with Crippen LogP contribution in [0.3, 0.4) is 0 Å². The van der Waals surface area contributed by atoms with E-state index in [0.29, 0.717) is 21.9 Å². The van der Waals surface area contributed by atoms with Gasteiger partial charge in [0.25, 0.3) is 0 Å². The van der Waals surface area contributed by atoms with Crippen LogP contribution in [0.4, 0.5) is 10.2 Å². The van der Waals surface area contributed by atoms with E-state index in [2.05, 4.69) is 31.2 Å². The van der Waals surface area contributed by atoms with Gasteiger partial charge in [0.05, 0.1) is 10.0 Å². The lowest BCUT2D eigenvalue weighted by molar-refractivity contribution is 0.453. The second kappa shape index (κ2) is 5.30. The number of hydrogen-bond acceptors (Lipinski definition) is 4. The van der Waals surface area contributed by atoms with Crippen LogP contribution in [0.15, 0.2) is 29.0 Å². The van der Waals surface area contributed by atoms with Crippen LogP contribution in [-0.2, 0) is 0 Å². The summed E-state index contributed by atoms with van der Waals surface area (Å²) in [4.78, 5) is 8.12. The molecular formula is C12H11BrFN3O. The van der Waals surface area contributed by atoms with Crippen molar-refractivity contribution in [2.75, 3.05) is 12.4 Å². The number of rotatable bonds is 3. The summed E-state index contributed by atoms with van der Waals surface area (Å²) >= 11 is 3.24. The summed E-state index contributed by atoms with van der Waals surface area (Å²) in [6.45, 7) is 1.85. The predicted octanol–water partition coefficient (Wildman–Crippen LogP) is 3.52. The van der Waals surface area contributed by atoms with Crippen LogP contribution in [0, 0.1) is 12.7 Å². The average molecular weight is 312 g/mol. The minimum atomic E-state index is -0.329. The Kier molecular flexibility index (Phi) is 3.76. The third kappa shape index (κ3) is 2.59. The zero-order chi connectivity index (χ0) is 13.1. The highest BCUT2D eigenvalue weighted by Gasteiger charge is 2.10. The smallest absolute Gasteiger partial charge is 0.227 e. The Balaban J connectivity index is 2.34. The highest BCUT2D eigenvalue weighted by atomic mass is 79.9. The van der Waals surface area contributed by atoms with Gasteiger partial charge in [0, 0.05) is 7.05 Å². The lowest BCUT2D eigenvalue weighted by atomic mass is 10.3. The van der Waals surface area contributed by atoms with Gasteiger partial charge in [-0.15, -0.1) is 0 Å². The number of halogens is 2. The molecule has 0 bridgehead atoms. The van der Waals surface area contributed by atoms with E-state index in [9.17, 15) is 4.39 Å². The topological polar surface area (TPSA) is 47.0 Å². The van der Waals surface area contributed by atoms with Crippen LogP contribution < -0.4 is 10.1 Å². The Labute approximate surface area is 112 Å². The van der Waals surface area contributed by atoms with Gasteiger partial charge < -0.3 is 10.1 Å². The van der Waals surface area contributed by atoms with Crippen molar-refractivity contribution >= 4 is 21.7 Å². The quantitative estimate of drug-likeness (QED) is 0.942. The maximum absolute atomic E-state index is 13.0. The van der Waals surface area contributed by atoms with Crippen molar-refractivity contribution in [3.63, 3.8) is 0 Å². The molecule has 0 saturated heterocycles. The van der Waals surface area contributed by atoms with Crippen molar-refractivity contribution in [2.24, 2.45) is 0 Å². The normalized spacial score (nSPS) is 10.2. The number of anilines is 1. The monoisotopic (exact) mass is 311 g/mol. The molecule has 0 aliphatic rings. The molecule has 4 nitrogen and oxygen atoms in total. The molecule has 0 spiro atoms. The van der Waals surface area contributed by atoms with Gasteiger partial charge in [0.2, 0.25) is 5.88 Å². The summed E-state index contributed by atoms with van der Waals surface area (Å²) in [6.07, 6.45) is 1.41. The third-order valence-corrected chi connectivity index (χ3v) is 2.99. The Hall–Kier alpha value is -1.69. The van der Waals surface area contributed by atoms with E-state index in [1.807, 2.05) is 6.92 Å². The summed E-state index contributed by atoms with van der Waals surface area (Å²) in [5.74, 6) is 1.30. The molecule has 0 amide bonds. The van der Waals surface area contributed by atoms with E-state index < -0.39 is 0 Å². The average Bonchev–Trinajstić information content (AvgIpc) is 2.35. The van der Waals surface area contributed by atoms with Crippen LogP contribution in [0.5, 0.6) is 11.6 Å². The summed E-state index contributed by atoms with van der Waals surface area (Å²) in [5.41, 5.74) is 0.788. The SMILES string of the molecule is CNc1ncnc(Oc2ccc(F)cc2Br)c1C. The fraction of sp³-hybridized carbons (Fsp3) is 0.167. The van der Waals surface area contributed by atoms with Gasteiger partial charge >= 0.3 is 0 Å². The van der Waals surface area contributed by atoms with Gasteiger partial charge in [0.15, 0.2) is 0 Å². The van der Waals surface area contributed by atoms with Crippen molar-refractivity contribution in [3.8, 4) is 11.6 Å². The zero-order valence-electron chi connectivity index (χ0n) is 9.87. The first-order chi connectivity index (χ1) is 8.61. The van der Waals surface area contributed by atoms with Crippen LogP contribution in [0.25, 0.3) is 0 Å². The number of hydrogen-bond donors (Lipinski definition) is 1. The minimum Gasteiger partial charge on any atom is -0.437 e. The highest BCUT2D eigenvalue weighted by Crippen LogP contribution is 2.31. The van der Waals surface area contributed by atoms with Crippen molar-refractivity contribution in [3.05, 3.63) is 40.4 Å². The van der Waals surface area contributed by atoms with E-state index >= 15 is 0 Å². The molecule has 0 aliphatic carbocycles. The van der Waals surface area contributed by atoms with E-state index in [0.717, 1.165) is 5.56 Å². The van der Waals surface area contributed by atoms with Gasteiger partial charge in [-0.1, -0.05) is 0 Å². The van der Waals surface area contributed by atoms with Gasteiger partial charge in [-0.05, 0) is 41.1 Å². The molecule has 0 unspecified atom stereocenters. The van der Waals surface area contributed by atoms with Gasteiger partial charge in [0.1, 0.15) is 23.7 Å². The molecule has 0 atom stereocenters. The molecule has 2 rings (SSSR count). The van der Waals surface area contributed by atoms with Crippen LogP contribution in [-0.4, -0.2) is 17.0 Å². The fourth-order valence-electron chi connectivity index (χ4n) is 1.45. The lowest BCUT2D eigenvalue weighted by Gasteiger charge is -2.11. The van der Waals surface area contributed by atoms with Crippen LogP contribution in [0.1, 0.15) is 5.56 Å². The summed E-state index contributed by atoms with van der Waals surface area (Å²) < 4.78 is 19.1. The van der Waals surface area contributed by atoms with Crippen molar-refractivity contribution < 1.29 is 9.13 Å². The summed E-state index contributed by atoms with van der Waals surface area (Å²) in [5, 5.41) is 2.94. The Morgan fingerprint density at radius 1 is 1.33 bits per heavy atom. The number of nitrogens with zero attached hydrogens (tertiary/aromatic N) is 2. The molecule has 0 radical (unpaired) electrons. The van der Waals surface area contributed by atoms with Crippen molar-refractivity contribution in [1.29, 1.82) is 0 Å². The predicted molar refractivity (Wildman–Crippen MR) is 70.5 cm³/mol. The van der Waals surface area contributed by atoms with Gasteiger partial charge in [-0.3, -0.25) is 0 Å². The molecule has 0 fully saturated rings. The number of aromatic nitrogens is 2. The highest BCUT2D eigenvalue weighted by molar-refractivity contribution is 9.10. The maximum atomic E-state index is 13.0. The first kappa shape index (κ1) is 12.8. The van der Waals surface area contributed by atoms with E-state index in [4.69, 9.17) is 4.74 Å². The van der Waals surface area contributed by atoms with Crippen LogP contribution >= 0.6 is 15.9 Å². The molecule has 1 heterocycles. The Morgan fingerprint density at radius 3 is 2.78 bits per heavy atom. The molecule has 1 aromatic heterocycles.